The second kappa shape index (κ2) is 9.93. The van der Waals surface area contributed by atoms with Crippen molar-refractivity contribution in [3.63, 3.8) is 0 Å². The predicted molar refractivity (Wildman–Crippen MR) is 128 cm³/mol. The highest BCUT2D eigenvalue weighted by molar-refractivity contribution is 5.96. The molecule has 2 fully saturated rings. The van der Waals surface area contributed by atoms with Crippen LogP contribution in [0.2, 0.25) is 0 Å². The van der Waals surface area contributed by atoms with Gasteiger partial charge in [-0.15, -0.1) is 0 Å². The summed E-state index contributed by atoms with van der Waals surface area (Å²) in [6.07, 6.45) is 2.06. The highest BCUT2D eigenvalue weighted by Gasteiger charge is 2.31. The van der Waals surface area contributed by atoms with E-state index in [2.05, 4.69) is 50.8 Å². The Labute approximate surface area is 195 Å². The maximum atomic E-state index is 12.7. The first-order chi connectivity index (χ1) is 16.2. The van der Waals surface area contributed by atoms with Gasteiger partial charge >= 0.3 is 6.03 Å². The molecule has 2 aromatic rings. The van der Waals surface area contributed by atoms with Gasteiger partial charge in [-0.3, -0.25) is 14.6 Å². The molecule has 3 aliphatic rings. The van der Waals surface area contributed by atoms with E-state index in [0.29, 0.717) is 19.1 Å². The van der Waals surface area contributed by atoms with Gasteiger partial charge in [0.25, 0.3) is 5.91 Å². The molecule has 7 heteroatoms. The van der Waals surface area contributed by atoms with Crippen molar-refractivity contribution in [2.24, 2.45) is 0 Å². The number of urea groups is 1. The van der Waals surface area contributed by atoms with E-state index in [1.807, 2.05) is 23.1 Å². The fraction of sp³-hybridized carbons (Fsp3) is 0.462. The molecular weight excluding hydrogens is 414 g/mol. The zero-order chi connectivity index (χ0) is 22.6. The Morgan fingerprint density at radius 3 is 2.64 bits per heavy atom. The van der Waals surface area contributed by atoms with E-state index in [-0.39, 0.29) is 11.9 Å². The van der Waals surface area contributed by atoms with Crippen molar-refractivity contribution in [2.75, 3.05) is 45.8 Å². The minimum atomic E-state index is -0.0195. The maximum Gasteiger partial charge on any atom is 0.317 e. The number of nitrogens with zero attached hydrogens (tertiary/aromatic N) is 3. The molecule has 7 nitrogen and oxygen atoms in total. The fourth-order valence-corrected chi connectivity index (χ4v) is 5.24. The minimum absolute atomic E-state index is 0.0187. The van der Waals surface area contributed by atoms with Crippen molar-refractivity contribution in [1.82, 2.24) is 25.3 Å². The Balaban J connectivity index is 1.07. The zero-order valence-corrected chi connectivity index (χ0v) is 19.1. The Bertz CT molecular complexity index is 987. The molecule has 2 aromatic carbocycles. The quantitative estimate of drug-likeness (QED) is 0.737. The molecule has 0 saturated carbocycles. The smallest absolute Gasteiger partial charge is 0.317 e. The highest BCUT2D eigenvalue weighted by atomic mass is 16.2. The molecule has 1 atom stereocenters. The number of hydrogen-bond donors (Lipinski definition) is 2. The predicted octanol–water partition coefficient (Wildman–Crippen LogP) is 2.07. The van der Waals surface area contributed by atoms with E-state index in [1.54, 1.807) is 0 Å². The van der Waals surface area contributed by atoms with Gasteiger partial charge in [0.1, 0.15) is 0 Å². The topological polar surface area (TPSA) is 67.9 Å². The largest absolute Gasteiger partial charge is 0.352 e. The fourth-order valence-electron chi connectivity index (χ4n) is 5.24. The lowest BCUT2D eigenvalue weighted by Crippen LogP contribution is -2.54. The Morgan fingerprint density at radius 2 is 1.82 bits per heavy atom. The third kappa shape index (κ3) is 5.20. The van der Waals surface area contributed by atoms with Gasteiger partial charge in [0.15, 0.2) is 0 Å². The van der Waals surface area contributed by atoms with E-state index in [0.717, 1.165) is 68.9 Å². The molecule has 3 aliphatic heterocycles. The number of nitrogens with one attached hydrogen (secondary N) is 2. The van der Waals surface area contributed by atoms with Crippen molar-refractivity contribution in [3.05, 3.63) is 70.8 Å². The molecule has 0 bridgehead atoms. The summed E-state index contributed by atoms with van der Waals surface area (Å²) in [5.41, 5.74) is 4.15. The summed E-state index contributed by atoms with van der Waals surface area (Å²) >= 11 is 0. The molecule has 1 unspecified atom stereocenters. The summed E-state index contributed by atoms with van der Waals surface area (Å²) in [6, 6.07) is 17.2. The first-order valence-electron chi connectivity index (χ1n) is 12.1. The van der Waals surface area contributed by atoms with Crippen LogP contribution in [-0.4, -0.2) is 78.5 Å². The average Bonchev–Trinajstić information content (AvgIpc) is 3.32. The lowest BCUT2D eigenvalue weighted by atomic mass is 9.98. The van der Waals surface area contributed by atoms with Crippen LogP contribution in [0, 0.1) is 0 Å². The number of carbonyl (C=O) groups excluding carboxylic acids is 2. The van der Waals surface area contributed by atoms with E-state index < -0.39 is 0 Å². The maximum absolute atomic E-state index is 12.7. The summed E-state index contributed by atoms with van der Waals surface area (Å²) in [5.74, 6) is -0.0187. The third-order valence-electron chi connectivity index (χ3n) is 7.16. The SMILES string of the molecule is O=C1NCCc2ccc(CNC(=O)N3CCN(C4CCN(Cc5ccccc5)C4)CC3)cc21. The van der Waals surface area contributed by atoms with Gasteiger partial charge in [0.05, 0.1) is 0 Å². The van der Waals surface area contributed by atoms with Crippen molar-refractivity contribution in [3.8, 4) is 0 Å². The lowest BCUT2D eigenvalue weighted by Gasteiger charge is -2.38. The van der Waals surface area contributed by atoms with Crippen LogP contribution in [0.3, 0.4) is 0 Å². The lowest BCUT2D eigenvalue weighted by molar-refractivity contribution is 0.0946. The number of likely N-dealkylation sites (tertiary alicyclic amines) is 1. The first-order valence-corrected chi connectivity index (χ1v) is 12.1. The molecule has 33 heavy (non-hydrogen) atoms. The molecule has 0 spiro atoms. The van der Waals surface area contributed by atoms with E-state index >= 15 is 0 Å². The molecule has 5 rings (SSSR count). The Hall–Kier alpha value is -2.90. The monoisotopic (exact) mass is 447 g/mol. The van der Waals surface area contributed by atoms with Crippen LogP contribution in [0.1, 0.15) is 33.5 Å². The molecule has 3 heterocycles. The van der Waals surface area contributed by atoms with Gasteiger partial charge in [-0.1, -0.05) is 42.5 Å². The standard InChI is InChI=1S/C26H33N5O2/c32-25-24-16-21(6-7-22(24)8-10-27-25)17-28-26(33)31-14-12-30(13-15-31)23-9-11-29(19-23)18-20-4-2-1-3-5-20/h1-7,16,23H,8-15,17-19H2,(H,27,32)(H,28,33). The van der Waals surface area contributed by atoms with Crippen LogP contribution < -0.4 is 10.6 Å². The summed E-state index contributed by atoms with van der Waals surface area (Å²) < 4.78 is 0. The summed E-state index contributed by atoms with van der Waals surface area (Å²) in [6.45, 7) is 7.76. The molecule has 0 aliphatic carbocycles. The van der Waals surface area contributed by atoms with Gasteiger partial charge in [0, 0.05) is 70.5 Å². The van der Waals surface area contributed by atoms with Crippen LogP contribution in [0.5, 0.6) is 0 Å². The van der Waals surface area contributed by atoms with Crippen LogP contribution in [0.15, 0.2) is 48.5 Å². The van der Waals surface area contributed by atoms with Gasteiger partial charge < -0.3 is 15.5 Å². The number of carbonyl (C=O) groups is 2. The number of piperazine rings is 1. The number of rotatable bonds is 5. The zero-order valence-electron chi connectivity index (χ0n) is 19.1. The summed E-state index contributed by atoms with van der Waals surface area (Å²) in [7, 11) is 0. The van der Waals surface area contributed by atoms with E-state index in [4.69, 9.17) is 0 Å². The second-order valence-corrected chi connectivity index (χ2v) is 9.34. The van der Waals surface area contributed by atoms with Crippen molar-refractivity contribution in [1.29, 1.82) is 0 Å². The molecule has 2 saturated heterocycles. The molecule has 2 N–H and O–H groups in total. The van der Waals surface area contributed by atoms with E-state index in [1.165, 1.54) is 12.0 Å². The number of amides is 3. The van der Waals surface area contributed by atoms with Crippen LogP contribution in [0.25, 0.3) is 0 Å². The molecule has 0 radical (unpaired) electrons. The minimum Gasteiger partial charge on any atom is -0.352 e. The van der Waals surface area contributed by atoms with Gasteiger partial charge in [0.2, 0.25) is 0 Å². The molecular formula is C26H33N5O2. The van der Waals surface area contributed by atoms with E-state index in [9.17, 15) is 9.59 Å². The number of hydrogen-bond acceptors (Lipinski definition) is 4. The second-order valence-electron chi connectivity index (χ2n) is 9.34. The molecule has 3 amide bonds. The third-order valence-corrected chi connectivity index (χ3v) is 7.16. The van der Waals surface area contributed by atoms with Crippen molar-refractivity contribution in [2.45, 2.75) is 32.0 Å². The van der Waals surface area contributed by atoms with Crippen LogP contribution >= 0.6 is 0 Å². The van der Waals surface area contributed by atoms with Gasteiger partial charge in [-0.25, -0.2) is 4.79 Å². The van der Waals surface area contributed by atoms with Crippen molar-refractivity contribution >= 4 is 11.9 Å². The number of benzene rings is 2. The Morgan fingerprint density at radius 1 is 1.00 bits per heavy atom. The Kier molecular flexibility index (Phi) is 6.60. The van der Waals surface area contributed by atoms with Gasteiger partial charge in [-0.2, -0.15) is 0 Å². The normalized spacial score (nSPS) is 21.5. The summed E-state index contributed by atoms with van der Waals surface area (Å²) in [4.78, 5) is 31.8. The van der Waals surface area contributed by atoms with Crippen molar-refractivity contribution < 1.29 is 9.59 Å². The first kappa shape index (κ1) is 21.9. The molecule has 0 aromatic heterocycles. The average molecular weight is 448 g/mol. The highest BCUT2D eigenvalue weighted by Crippen LogP contribution is 2.20. The van der Waals surface area contributed by atoms with Crippen LogP contribution in [0.4, 0.5) is 4.79 Å². The van der Waals surface area contributed by atoms with Crippen LogP contribution in [-0.2, 0) is 19.5 Å². The number of fused-ring (bicyclic) bond motifs is 1. The molecule has 174 valence electrons. The summed E-state index contributed by atoms with van der Waals surface area (Å²) in [5, 5.41) is 5.92. The van der Waals surface area contributed by atoms with Gasteiger partial charge in [-0.05, 0) is 35.6 Å².